The summed E-state index contributed by atoms with van der Waals surface area (Å²) in [5, 5.41) is 6.75. The minimum absolute atomic E-state index is 0.354. The fourth-order valence-corrected chi connectivity index (χ4v) is 6.26. The van der Waals surface area contributed by atoms with Gasteiger partial charge in [0.25, 0.3) is 0 Å². The van der Waals surface area contributed by atoms with Crippen molar-refractivity contribution in [3.05, 3.63) is 17.0 Å². The largest absolute Gasteiger partial charge is 0.373 e. The molecular formula is C21H30ClN3O2. The molecule has 2 bridgehead atoms. The zero-order valence-electron chi connectivity index (χ0n) is 16.0. The first-order chi connectivity index (χ1) is 13.2. The lowest BCUT2D eigenvalue weighted by molar-refractivity contribution is -0.0149. The van der Waals surface area contributed by atoms with Gasteiger partial charge in [0.05, 0.1) is 18.4 Å². The van der Waals surface area contributed by atoms with Crippen LogP contribution in [0.5, 0.6) is 0 Å². The maximum Gasteiger partial charge on any atom is 0.145 e. The standard InChI is InChI=1S/C21H30ClN3O2/c22-24-25-11-15-9-16(25)10-18(15)26-12-17-19(23-27-20(17)14-1-2-14)13-3-5-21(6-4-13)7-8-21/h13-16,18,24H,1-12H2/t15-,16-,18+/m0/s1. The first kappa shape index (κ1) is 17.3. The zero-order chi connectivity index (χ0) is 18.0. The molecule has 1 aromatic rings. The van der Waals surface area contributed by atoms with E-state index in [1.807, 2.05) is 0 Å². The Hall–Kier alpha value is -0.620. The summed E-state index contributed by atoms with van der Waals surface area (Å²) in [7, 11) is 0. The van der Waals surface area contributed by atoms with Crippen molar-refractivity contribution in [1.29, 1.82) is 0 Å². The summed E-state index contributed by atoms with van der Waals surface area (Å²) in [4.78, 5) is 2.81. The molecule has 1 spiro atoms. The Balaban J connectivity index is 1.16. The van der Waals surface area contributed by atoms with Crippen LogP contribution < -0.4 is 4.94 Å². The minimum Gasteiger partial charge on any atom is -0.373 e. The van der Waals surface area contributed by atoms with Crippen LogP contribution in [0.25, 0.3) is 0 Å². The van der Waals surface area contributed by atoms with Crippen molar-refractivity contribution in [2.75, 3.05) is 6.54 Å². The third kappa shape index (κ3) is 3.06. The molecule has 1 N–H and O–H groups in total. The molecule has 6 rings (SSSR count). The van der Waals surface area contributed by atoms with E-state index in [0.29, 0.717) is 36.5 Å². The van der Waals surface area contributed by atoms with Gasteiger partial charge in [-0.15, -0.1) is 0 Å². The summed E-state index contributed by atoms with van der Waals surface area (Å²) < 4.78 is 12.4. The van der Waals surface area contributed by atoms with E-state index in [9.17, 15) is 0 Å². The predicted octanol–water partition coefficient (Wildman–Crippen LogP) is 4.63. The van der Waals surface area contributed by atoms with Gasteiger partial charge in [-0.25, -0.2) is 5.01 Å². The Morgan fingerprint density at radius 1 is 1.11 bits per heavy atom. The molecule has 2 heterocycles. The highest BCUT2D eigenvalue weighted by molar-refractivity contribution is 6.13. The van der Waals surface area contributed by atoms with Gasteiger partial charge in [-0.05, 0) is 81.4 Å². The van der Waals surface area contributed by atoms with Crippen molar-refractivity contribution in [1.82, 2.24) is 15.1 Å². The van der Waals surface area contributed by atoms with Crippen molar-refractivity contribution < 1.29 is 9.26 Å². The second kappa shape index (κ2) is 6.45. The van der Waals surface area contributed by atoms with Gasteiger partial charge >= 0.3 is 0 Å². The zero-order valence-corrected chi connectivity index (χ0v) is 16.7. The number of nitrogens with one attached hydrogen (secondary N) is 1. The molecule has 0 unspecified atom stereocenters. The van der Waals surface area contributed by atoms with E-state index in [1.165, 1.54) is 69.0 Å². The van der Waals surface area contributed by atoms with Gasteiger partial charge in [0, 0.05) is 35.9 Å². The molecule has 0 amide bonds. The van der Waals surface area contributed by atoms with Gasteiger partial charge in [0.15, 0.2) is 0 Å². The van der Waals surface area contributed by atoms with E-state index in [-0.39, 0.29) is 0 Å². The van der Waals surface area contributed by atoms with E-state index in [4.69, 9.17) is 21.0 Å². The number of aromatic nitrogens is 1. The average Bonchev–Trinajstić information content (AvgIpc) is 3.55. The van der Waals surface area contributed by atoms with Crippen LogP contribution in [0.2, 0.25) is 0 Å². The van der Waals surface area contributed by atoms with Crippen molar-refractivity contribution in [2.24, 2.45) is 11.3 Å². The fraction of sp³-hybridized carbons (Fsp3) is 0.857. The topological polar surface area (TPSA) is 50.5 Å². The van der Waals surface area contributed by atoms with Crippen LogP contribution in [-0.2, 0) is 11.3 Å². The highest BCUT2D eigenvalue weighted by Gasteiger charge is 2.47. The van der Waals surface area contributed by atoms with E-state index in [1.54, 1.807) is 0 Å². The average molecular weight is 392 g/mol. The van der Waals surface area contributed by atoms with Gasteiger partial charge in [-0.2, -0.15) is 4.94 Å². The number of ether oxygens (including phenoxy) is 1. The number of hydrazine groups is 1. The Labute approximate surface area is 166 Å². The van der Waals surface area contributed by atoms with Crippen molar-refractivity contribution in [3.8, 4) is 0 Å². The van der Waals surface area contributed by atoms with Crippen molar-refractivity contribution in [3.63, 3.8) is 0 Å². The number of hydrogen-bond donors (Lipinski definition) is 1. The summed E-state index contributed by atoms with van der Waals surface area (Å²) in [5.74, 6) is 2.92. The molecule has 148 valence electrons. The smallest absolute Gasteiger partial charge is 0.145 e. The van der Waals surface area contributed by atoms with E-state index < -0.39 is 0 Å². The van der Waals surface area contributed by atoms with Crippen LogP contribution in [-0.4, -0.2) is 28.9 Å². The van der Waals surface area contributed by atoms with Crippen LogP contribution in [0.4, 0.5) is 0 Å². The fourth-order valence-electron chi connectivity index (χ4n) is 6.05. The van der Waals surface area contributed by atoms with Crippen molar-refractivity contribution in [2.45, 2.75) is 94.8 Å². The van der Waals surface area contributed by atoms with E-state index >= 15 is 0 Å². The number of fused-ring (bicyclic) bond motifs is 2. The lowest BCUT2D eigenvalue weighted by Gasteiger charge is -2.30. The number of piperidine rings is 1. The molecule has 27 heavy (non-hydrogen) atoms. The molecule has 4 saturated carbocycles. The molecule has 5 aliphatic rings. The molecule has 1 aromatic heterocycles. The third-order valence-corrected chi connectivity index (χ3v) is 8.43. The normalized spacial score (nSPS) is 35.4. The Kier molecular flexibility index (Phi) is 4.12. The summed E-state index contributed by atoms with van der Waals surface area (Å²) in [6, 6.07) is 0.524. The quantitative estimate of drug-likeness (QED) is 0.716. The Morgan fingerprint density at radius 2 is 1.93 bits per heavy atom. The van der Waals surface area contributed by atoms with Crippen LogP contribution in [0.3, 0.4) is 0 Å². The Morgan fingerprint density at radius 3 is 2.56 bits per heavy atom. The first-order valence-corrected chi connectivity index (χ1v) is 11.4. The van der Waals surface area contributed by atoms with Gasteiger partial charge in [0.2, 0.25) is 0 Å². The summed E-state index contributed by atoms with van der Waals surface area (Å²) in [5.41, 5.74) is 3.27. The maximum atomic E-state index is 6.48. The van der Waals surface area contributed by atoms with Crippen LogP contribution >= 0.6 is 11.8 Å². The molecule has 1 saturated heterocycles. The van der Waals surface area contributed by atoms with E-state index in [0.717, 1.165) is 24.1 Å². The molecule has 1 aliphatic heterocycles. The molecule has 5 nitrogen and oxygen atoms in total. The third-order valence-electron chi connectivity index (χ3n) is 8.21. The summed E-state index contributed by atoms with van der Waals surface area (Å²) in [6.07, 6.45) is 13.4. The number of rotatable bonds is 6. The highest BCUT2D eigenvalue weighted by atomic mass is 35.5. The number of halogens is 1. The lowest BCUT2D eigenvalue weighted by atomic mass is 9.77. The first-order valence-electron chi connectivity index (χ1n) is 11.0. The van der Waals surface area contributed by atoms with Gasteiger partial charge < -0.3 is 9.26 Å². The summed E-state index contributed by atoms with van der Waals surface area (Å²) >= 11 is 5.82. The van der Waals surface area contributed by atoms with Crippen LogP contribution in [0.15, 0.2) is 4.52 Å². The molecular weight excluding hydrogens is 362 g/mol. The van der Waals surface area contributed by atoms with Crippen LogP contribution in [0.1, 0.15) is 93.1 Å². The predicted molar refractivity (Wildman–Crippen MR) is 102 cm³/mol. The van der Waals surface area contributed by atoms with Gasteiger partial charge in [-0.1, -0.05) is 5.16 Å². The van der Waals surface area contributed by atoms with E-state index in [2.05, 4.69) is 15.1 Å². The molecule has 0 radical (unpaired) electrons. The van der Waals surface area contributed by atoms with Gasteiger partial charge in [0.1, 0.15) is 5.76 Å². The van der Waals surface area contributed by atoms with Crippen LogP contribution in [0, 0.1) is 11.3 Å². The number of hydrogen-bond acceptors (Lipinski definition) is 5. The summed E-state index contributed by atoms with van der Waals surface area (Å²) in [6.45, 7) is 1.68. The molecule has 6 heteroatoms. The molecule has 5 fully saturated rings. The van der Waals surface area contributed by atoms with Crippen molar-refractivity contribution >= 4 is 11.8 Å². The molecule has 3 atom stereocenters. The molecule has 4 aliphatic carbocycles. The maximum absolute atomic E-state index is 6.48. The SMILES string of the molecule is ClNN1C[C@@H]2C[C@H]1C[C@H]2OCc1c(C2CCC3(CC2)CC3)noc1C1CC1. The highest BCUT2D eigenvalue weighted by Crippen LogP contribution is 2.59. The lowest BCUT2D eigenvalue weighted by Crippen LogP contribution is -2.42. The number of nitrogens with zero attached hydrogens (tertiary/aromatic N) is 2. The Bertz CT molecular complexity index is 704. The minimum atomic E-state index is 0.354. The second-order valence-corrected chi connectivity index (χ2v) is 10.1. The molecule has 0 aromatic carbocycles. The van der Waals surface area contributed by atoms with Gasteiger partial charge in [-0.3, -0.25) is 0 Å². The second-order valence-electron chi connectivity index (χ2n) is 9.93. The monoisotopic (exact) mass is 391 g/mol.